The number of primary amides is 1. The van der Waals surface area contributed by atoms with E-state index in [-0.39, 0.29) is 105 Å². The number of likely N-dealkylation sites (N-methyl/N-ethyl adjacent to an activating group) is 1. The number of piperazine rings is 1. The molecule has 0 spiro atoms. The van der Waals surface area contributed by atoms with E-state index in [0.717, 1.165) is 23.3 Å². The normalized spacial score (nSPS) is 22.7. The number of morpholine rings is 1. The van der Waals surface area contributed by atoms with Gasteiger partial charge in [-0.25, -0.2) is 13.2 Å². The highest BCUT2D eigenvalue weighted by molar-refractivity contribution is 6.03. The molecule has 0 aliphatic carbocycles. The third kappa shape index (κ3) is 14.4. The number of halogens is 6. The van der Waals surface area contributed by atoms with Crippen molar-refractivity contribution >= 4 is 89.7 Å². The first-order valence-corrected chi connectivity index (χ1v) is 27.1. The van der Waals surface area contributed by atoms with Crippen LogP contribution >= 0.6 is 37.2 Å². The molecular weight excluding hydrogens is 1130 g/mol. The Hall–Kier alpha value is -5.88. The Balaban J connectivity index is 0.00000360. The molecule has 446 valence electrons. The summed E-state index contributed by atoms with van der Waals surface area (Å²) in [6.07, 6.45) is 1.41. The van der Waals surface area contributed by atoms with Crippen molar-refractivity contribution in [3.05, 3.63) is 124 Å². The highest BCUT2D eigenvalue weighted by Crippen LogP contribution is 2.42. The summed E-state index contributed by atoms with van der Waals surface area (Å²) in [5, 5.41) is 11.2. The summed E-state index contributed by atoms with van der Waals surface area (Å²) >= 11 is 0. The van der Waals surface area contributed by atoms with Crippen LogP contribution in [-0.4, -0.2) is 165 Å². The first-order valence-electron chi connectivity index (χ1n) is 27.1. The lowest BCUT2D eigenvalue weighted by atomic mass is 9.83. The molecule has 0 saturated carbocycles. The van der Waals surface area contributed by atoms with E-state index in [4.69, 9.17) is 15.2 Å². The van der Waals surface area contributed by atoms with E-state index in [1.165, 1.54) is 23.1 Å². The zero-order chi connectivity index (χ0) is 56.3. The number of rotatable bonds is 17. The molecule has 3 saturated heterocycles. The molecule has 5 aliphatic heterocycles. The van der Waals surface area contributed by atoms with Gasteiger partial charge in [0.05, 0.1) is 37.8 Å². The van der Waals surface area contributed by atoms with Crippen molar-refractivity contribution in [3.8, 4) is 0 Å². The smallest absolute Gasteiger partial charge is 0.252 e. The van der Waals surface area contributed by atoms with E-state index in [2.05, 4.69) is 42.9 Å². The van der Waals surface area contributed by atoms with E-state index in [1.54, 1.807) is 56.1 Å². The molecule has 4 aromatic carbocycles. The van der Waals surface area contributed by atoms with Crippen molar-refractivity contribution in [3.63, 3.8) is 0 Å². The van der Waals surface area contributed by atoms with Crippen molar-refractivity contribution < 1.29 is 51.4 Å². The molecule has 7 atom stereocenters. The fourth-order valence-corrected chi connectivity index (χ4v) is 11.7. The van der Waals surface area contributed by atoms with E-state index in [9.17, 15) is 33.2 Å². The molecule has 18 nitrogen and oxygen atoms in total. The number of hydrogen-bond acceptors (Lipinski definition) is 12. The van der Waals surface area contributed by atoms with E-state index >= 15 is 8.78 Å². The summed E-state index contributed by atoms with van der Waals surface area (Å²) in [6.45, 7) is 11.4. The zero-order valence-corrected chi connectivity index (χ0v) is 49.0. The maximum Gasteiger partial charge on any atom is 0.252 e. The number of ether oxygens (including phenoxy) is 2. The van der Waals surface area contributed by atoms with Gasteiger partial charge in [-0.05, 0) is 130 Å². The van der Waals surface area contributed by atoms with Gasteiger partial charge in [-0.3, -0.25) is 43.5 Å². The second-order valence-corrected chi connectivity index (χ2v) is 22.0. The average molecular weight is 1200 g/mol. The van der Waals surface area contributed by atoms with Gasteiger partial charge in [0.15, 0.2) is 0 Å². The largest absolute Gasteiger partial charge is 0.381 e. The number of carbonyl (C=O) groups is 6. The monoisotopic (exact) mass is 1200 g/mol. The predicted molar refractivity (Wildman–Crippen MR) is 312 cm³/mol. The van der Waals surface area contributed by atoms with Gasteiger partial charge in [0.25, 0.3) is 5.91 Å². The van der Waals surface area contributed by atoms with Crippen molar-refractivity contribution in [1.29, 1.82) is 0 Å². The van der Waals surface area contributed by atoms with E-state index in [1.807, 2.05) is 25.1 Å². The first kappa shape index (κ1) is 65.3. The summed E-state index contributed by atoms with van der Waals surface area (Å²) < 4.78 is 55.3. The van der Waals surface area contributed by atoms with E-state index < -0.39 is 64.5 Å². The number of fused-ring (bicyclic) bond motifs is 2. The molecule has 5 aliphatic rings. The summed E-state index contributed by atoms with van der Waals surface area (Å²) in [5.74, 6) is -5.70. The third-order valence-corrected chi connectivity index (χ3v) is 16.6. The van der Waals surface area contributed by atoms with Gasteiger partial charge in [-0.15, -0.1) is 37.2 Å². The number of hydrogen-bond donors (Lipinski definition) is 5. The molecule has 0 unspecified atom stereocenters. The molecule has 3 fully saturated rings. The van der Waals surface area contributed by atoms with E-state index in [0.29, 0.717) is 99.9 Å². The fourth-order valence-electron chi connectivity index (χ4n) is 11.7. The van der Waals surface area contributed by atoms with Crippen molar-refractivity contribution in [1.82, 2.24) is 30.2 Å². The highest BCUT2D eigenvalue weighted by Gasteiger charge is 2.48. The standard InChI is InChI=1S/C58H71F3N10O8.3ClH/c1-34-26-69(31-50(73)71-33-58(4,57(62)77)45-16-11-38(24-48(45)71)23-37-9-13-41(59)14-10-37)43(28-67-19-22-79-32-35(67)2)29-68(34)30-49(72)64-42-15-12-40-27-70(53(44(40)25-42)55(75)66-52-46(60)7-6-8-47(52)61)56(76)51(39-17-20-78-21-18-39)65-54(74)36(3)63-5;;;/h6-16,24-25,34-36,39,43,51,53,63H,17-23,26-33H2,1-5H3,(H2,62,77)(H,64,72)(H,65,74)(H,66,75);3*1H/t34-,35-,36+,43+,51+,53+,58-;;;/m1.../s1. The van der Waals surface area contributed by atoms with Crippen LogP contribution in [0.4, 0.5) is 30.2 Å². The molecule has 82 heavy (non-hydrogen) atoms. The van der Waals surface area contributed by atoms with Crippen LogP contribution in [0.3, 0.4) is 0 Å². The maximum atomic E-state index is 15.1. The van der Waals surface area contributed by atoms with Gasteiger partial charge < -0.3 is 46.3 Å². The molecule has 4 aromatic rings. The lowest BCUT2D eigenvalue weighted by Crippen LogP contribution is -2.64. The zero-order valence-electron chi connectivity index (χ0n) is 46.6. The Morgan fingerprint density at radius 3 is 2.16 bits per heavy atom. The lowest BCUT2D eigenvalue weighted by molar-refractivity contribution is -0.144. The van der Waals surface area contributed by atoms with Crippen LogP contribution in [0.1, 0.15) is 74.4 Å². The number of nitrogens with one attached hydrogen (secondary N) is 4. The van der Waals surface area contributed by atoms with Crippen molar-refractivity contribution in [2.45, 2.75) is 95.2 Å². The van der Waals surface area contributed by atoms with Crippen LogP contribution in [0.15, 0.2) is 78.9 Å². The second-order valence-electron chi connectivity index (χ2n) is 22.0. The Labute approximate surface area is 494 Å². The van der Waals surface area contributed by atoms with Gasteiger partial charge in [0, 0.05) is 82.0 Å². The molecular formula is C58H74Cl3F3N10O8. The minimum Gasteiger partial charge on any atom is -0.381 e. The molecule has 0 aromatic heterocycles. The Morgan fingerprint density at radius 2 is 1.49 bits per heavy atom. The number of benzene rings is 4. The quantitative estimate of drug-likeness (QED) is 0.0910. The van der Waals surface area contributed by atoms with Gasteiger partial charge in [-0.1, -0.05) is 36.4 Å². The van der Waals surface area contributed by atoms with Crippen LogP contribution in [0.25, 0.3) is 0 Å². The Kier molecular flexibility index (Phi) is 22.4. The van der Waals surface area contributed by atoms with Gasteiger partial charge >= 0.3 is 0 Å². The summed E-state index contributed by atoms with van der Waals surface area (Å²) in [5.41, 5.74) is 8.44. The highest BCUT2D eigenvalue weighted by atomic mass is 35.5. The topological polar surface area (TPSA) is 211 Å². The van der Waals surface area contributed by atoms with Crippen molar-refractivity contribution in [2.24, 2.45) is 11.7 Å². The summed E-state index contributed by atoms with van der Waals surface area (Å²) in [7, 11) is 1.62. The fraction of sp³-hybridized carbons (Fsp3) is 0.483. The van der Waals surface area contributed by atoms with Crippen LogP contribution in [-0.2, 0) is 56.6 Å². The second kappa shape index (κ2) is 28.1. The minimum atomic E-state index is -1.42. The number of nitrogens with zero attached hydrogens (tertiary/aromatic N) is 5. The number of carbonyl (C=O) groups excluding carboxylic acids is 6. The molecule has 5 heterocycles. The Morgan fingerprint density at radius 1 is 0.793 bits per heavy atom. The number of para-hydroxylation sites is 1. The molecule has 24 heteroatoms. The lowest BCUT2D eigenvalue weighted by Gasteiger charge is -2.47. The van der Waals surface area contributed by atoms with Crippen LogP contribution in [0.2, 0.25) is 0 Å². The maximum absolute atomic E-state index is 15.1. The number of nitrogens with two attached hydrogens (primary N) is 1. The number of anilines is 3. The third-order valence-electron chi connectivity index (χ3n) is 16.6. The van der Waals surface area contributed by atoms with Crippen molar-refractivity contribution in [2.75, 3.05) is 94.8 Å². The Bertz CT molecular complexity index is 2940. The molecule has 6 amide bonds. The predicted octanol–water partition coefficient (Wildman–Crippen LogP) is 5.33. The molecule has 9 rings (SSSR count). The molecule has 6 N–H and O–H groups in total. The summed E-state index contributed by atoms with van der Waals surface area (Å²) in [4.78, 5) is 94.2. The van der Waals surface area contributed by atoms with Crippen LogP contribution in [0.5, 0.6) is 0 Å². The SMILES string of the molecule is CN[C@@H](C)C(=O)N[C@H](C(=O)N1Cc2ccc(NC(=O)CN3C[C@H](CN4CCOC[C@H]4C)N(CC(=O)N4C[C@@](C)(C(N)=O)c5ccc(Cc6ccc(F)cc6)cc54)C[C@H]3C)cc2[C@H]1C(=O)Nc1c(F)cccc1F)C1CCOCC1.Cl.Cl.Cl. The molecule has 0 radical (unpaired) electrons. The molecule has 0 bridgehead atoms. The van der Waals surface area contributed by atoms with Crippen LogP contribution in [0, 0.1) is 23.4 Å². The number of amides is 6. The van der Waals surface area contributed by atoms with Gasteiger partial charge in [-0.2, -0.15) is 0 Å². The van der Waals surface area contributed by atoms with Gasteiger partial charge in [0.2, 0.25) is 29.5 Å². The van der Waals surface area contributed by atoms with Crippen LogP contribution < -0.4 is 31.9 Å². The average Bonchev–Trinajstić information content (AvgIpc) is 4.11. The van der Waals surface area contributed by atoms with Gasteiger partial charge in [0.1, 0.15) is 35.2 Å². The minimum absolute atomic E-state index is 0. The first-order chi connectivity index (χ1) is 37.8. The summed E-state index contributed by atoms with van der Waals surface area (Å²) in [6, 6.07) is 16.6.